The monoisotopic (exact) mass is 474 g/mol. The van der Waals surface area contributed by atoms with Crippen molar-refractivity contribution >= 4 is 39.7 Å². The van der Waals surface area contributed by atoms with Crippen LogP contribution in [0.5, 0.6) is 5.75 Å². The molecule has 0 N–H and O–H groups in total. The van der Waals surface area contributed by atoms with Crippen molar-refractivity contribution in [1.82, 2.24) is 4.90 Å². The SMILES string of the molecule is COC(=O)c1ccc(N=Cc2ccc(OCC(=O)N3CCOCC3)c(Br)c2)c(C)c1. The molecule has 3 rings (SSSR count). The Morgan fingerprint density at radius 1 is 1.20 bits per heavy atom. The molecule has 2 aromatic carbocycles. The van der Waals surface area contributed by atoms with Crippen LogP contribution in [0.1, 0.15) is 21.5 Å². The lowest BCUT2D eigenvalue weighted by molar-refractivity contribution is -0.137. The van der Waals surface area contributed by atoms with Crippen molar-refractivity contribution in [3.8, 4) is 5.75 Å². The number of hydrogen-bond donors (Lipinski definition) is 0. The maximum atomic E-state index is 12.2. The summed E-state index contributed by atoms with van der Waals surface area (Å²) in [7, 11) is 1.35. The highest BCUT2D eigenvalue weighted by atomic mass is 79.9. The van der Waals surface area contributed by atoms with E-state index in [0.717, 1.165) is 21.3 Å². The smallest absolute Gasteiger partial charge is 0.337 e. The number of halogens is 1. The summed E-state index contributed by atoms with van der Waals surface area (Å²) in [6, 6.07) is 10.7. The minimum absolute atomic E-state index is 0.0161. The van der Waals surface area contributed by atoms with Crippen LogP contribution in [0, 0.1) is 6.92 Å². The average molecular weight is 475 g/mol. The molecule has 1 aliphatic rings. The second-order valence-corrected chi connectivity index (χ2v) is 7.58. The van der Waals surface area contributed by atoms with E-state index in [-0.39, 0.29) is 18.5 Å². The van der Waals surface area contributed by atoms with Gasteiger partial charge in [0.2, 0.25) is 0 Å². The molecule has 7 nitrogen and oxygen atoms in total. The maximum absolute atomic E-state index is 12.2. The van der Waals surface area contributed by atoms with Crippen molar-refractivity contribution < 1.29 is 23.8 Å². The fourth-order valence-corrected chi connectivity index (χ4v) is 3.46. The Kier molecular flexibility index (Phi) is 7.59. The molecule has 0 aromatic heterocycles. The predicted molar refractivity (Wildman–Crippen MR) is 117 cm³/mol. The number of rotatable bonds is 6. The zero-order valence-electron chi connectivity index (χ0n) is 16.9. The van der Waals surface area contributed by atoms with E-state index in [1.54, 1.807) is 35.4 Å². The van der Waals surface area contributed by atoms with Gasteiger partial charge in [-0.15, -0.1) is 0 Å². The normalized spacial score (nSPS) is 14.0. The number of ether oxygens (including phenoxy) is 3. The first-order valence-electron chi connectivity index (χ1n) is 9.49. The van der Waals surface area contributed by atoms with Gasteiger partial charge in [0.05, 0.1) is 36.0 Å². The Morgan fingerprint density at radius 3 is 2.63 bits per heavy atom. The van der Waals surface area contributed by atoms with Gasteiger partial charge in [-0.2, -0.15) is 0 Å². The number of morpholine rings is 1. The van der Waals surface area contributed by atoms with Gasteiger partial charge in [0.1, 0.15) is 5.75 Å². The van der Waals surface area contributed by atoms with Gasteiger partial charge in [0.15, 0.2) is 6.61 Å². The highest BCUT2D eigenvalue weighted by Crippen LogP contribution is 2.26. The van der Waals surface area contributed by atoms with Crippen molar-refractivity contribution in [2.24, 2.45) is 4.99 Å². The number of carbonyl (C=O) groups is 2. The van der Waals surface area contributed by atoms with Gasteiger partial charge in [-0.3, -0.25) is 9.79 Å². The van der Waals surface area contributed by atoms with Crippen LogP contribution in [0.15, 0.2) is 45.9 Å². The van der Waals surface area contributed by atoms with Crippen LogP contribution in [0.2, 0.25) is 0 Å². The molecule has 0 radical (unpaired) electrons. The van der Waals surface area contributed by atoms with Crippen LogP contribution in [-0.2, 0) is 14.3 Å². The summed E-state index contributed by atoms with van der Waals surface area (Å²) in [5.41, 5.74) is 2.99. The van der Waals surface area contributed by atoms with E-state index in [1.807, 2.05) is 19.1 Å². The topological polar surface area (TPSA) is 77.4 Å². The van der Waals surface area contributed by atoms with Crippen LogP contribution in [0.25, 0.3) is 0 Å². The Morgan fingerprint density at radius 2 is 1.97 bits per heavy atom. The number of aliphatic imine (C=N–C) groups is 1. The van der Waals surface area contributed by atoms with Crippen LogP contribution >= 0.6 is 15.9 Å². The number of aryl methyl sites for hydroxylation is 1. The molecule has 0 bridgehead atoms. The molecule has 0 spiro atoms. The second-order valence-electron chi connectivity index (χ2n) is 6.72. The number of carbonyl (C=O) groups excluding carboxylic acids is 2. The molecule has 1 aliphatic heterocycles. The quantitative estimate of drug-likeness (QED) is 0.472. The van der Waals surface area contributed by atoms with Gasteiger partial charge in [-0.1, -0.05) is 0 Å². The maximum Gasteiger partial charge on any atom is 0.337 e. The summed E-state index contributed by atoms with van der Waals surface area (Å²) in [5, 5.41) is 0. The van der Waals surface area contributed by atoms with Gasteiger partial charge < -0.3 is 19.1 Å². The van der Waals surface area contributed by atoms with E-state index < -0.39 is 0 Å². The third-order valence-electron chi connectivity index (χ3n) is 4.64. The minimum atomic E-state index is -0.375. The predicted octanol–water partition coefficient (Wildman–Crippen LogP) is 3.53. The van der Waals surface area contributed by atoms with Crippen LogP contribution in [-0.4, -0.2) is 63.0 Å². The second kappa shape index (κ2) is 10.4. The Hall–Kier alpha value is -2.71. The number of amides is 1. The molecule has 30 heavy (non-hydrogen) atoms. The van der Waals surface area contributed by atoms with Crippen molar-refractivity contribution in [1.29, 1.82) is 0 Å². The largest absolute Gasteiger partial charge is 0.483 e. The molecule has 0 atom stereocenters. The first-order chi connectivity index (χ1) is 14.5. The molecule has 1 saturated heterocycles. The lowest BCUT2D eigenvalue weighted by atomic mass is 10.1. The summed E-state index contributed by atoms with van der Waals surface area (Å²) < 4.78 is 16.4. The summed E-state index contributed by atoms with van der Waals surface area (Å²) in [4.78, 5) is 30.0. The molecule has 0 aliphatic carbocycles. The fraction of sp³-hybridized carbons (Fsp3) is 0.318. The summed E-state index contributed by atoms with van der Waals surface area (Å²) in [6.07, 6.45) is 1.73. The van der Waals surface area contributed by atoms with Crippen LogP contribution in [0.4, 0.5) is 5.69 Å². The van der Waals surface area contributed by atoms with E-state index >= 15 is 0 Å². The third kappa shape index (κ3) is 5.67. The highest BCUT2D eigenvalue weighted by Gasteiger charge is 2.17. The van der Waals surface area contributed by atoms with E-state index in [0.29, 0.717) is 37.6 Å². The number of benzene rings is 2. The molecule has 1 heterocycles. The molecule has 1 amide bonds. The van der Waals surface area contributed by atoms with Gasteiger partial charge in [0, 0.05) is 19.3 Å². The van der Waals surface area contributed by atoms with Gasteiger partial charge in [-0.05, 0) is 70.4 Å². The number of hydrogen-bond acceptors (Lipinski definition) is 6. The summed E-state index contributed by atoms with van der Waals surface area (Å²) >= 11 is 3.48. The highest BCUT2D eigenvalue weighted by molar-refractivity contribution is 9.10. The van der Waals surface area contributed by atoms with Crippen LogP contribution in [0.3, 0.4) is 0 Å². The summed E-state index contributed by atoms with van der Waals surface area (Å²) in [6.45, 7) is 4.19. The van der Waals surface area contributed by atoms with E-state index in [4.69, 9.17) is 14.2 Å². The van der Waals surface area contributed by atoms with Crippen molar-refractivity contribution in [2.45, 2.75) is 6.92 Å². The third-order valence-corrected chi connectivity index (χ3v) is 5.26. The number of nitrogens with zero attached hydrogens (tertiary/aromatic N) is 2. The van der Waals surface area contributed by atoms with E-state index in [2.05, 4.69) is 20.9 Å². The first kappa shape index (κ1) is 22.0. The van der Waals surface area contributed by atoms with Crippen molar-refractivity contribution in [3.63, 3.8) is 0 Å². The minimum Gasteiger partial charge on any atom is -0.483 e. The number of methoxy groups -OCH3 is 1. The Labute approximate surface area is 183 Å². The standard InChI is InChI=1S/C22H23BrN2O5/c1-15-11-17(22(27)28-2)4-5-19(15)24-13-16-3-6-20(18(23)12-16)30-14-21(26)25-7-9-29-10-8-25/h3-6,11-13H,7-10,14H2,1-2H3. The molecular weight excluding hydrogens is 452 g/mol. The fourth-order valence-electron chi connectivity index (χ4n) is 2.95. The van der Waals surface area contributed by atoms with E-state index in [9.17, 15) is 9.59 Å². The van der Waals surface area contributed by atoms with E-state index in [1.165, 1.54) is 7.11 Å². The van der Waals surface area contributed by atoms with Crippen molar-refractivity contribution in [2.75, 3.05) is 40.0 Å². The van der Waals surface area contributed by atoms with Gasteiger partial charge in [0.25, 0.3) is 5.91 Å². The number of esters is 1. The first-order valence-corrected chi connectivity index (χ1v) is 10.3. The molecule has 1 fully saturated rings. The van der Waals surface area contributed by atoms with Gasteiger partial charge in [-0.25, -0.2) is 4.79 Å². The van der Waals surface area contributed by atoms with Crippen molar-refractivity contribution in [3.05, 3.63) is 57.6 Å². The van der Waals surface area contributed by atoms with Crippen LogP contribution < -0.4 is 4.74 Å². The zero-order chi connectivity index (χ0) is 21.5. The Bertz CT molecular complexity index is 955. The lowest BCUT2D eigenvalue weighted by Gasteiger charge is -2.26. The molecule has 0 saturated carbocycles. The molecular formula is C22H23BrN2O5. The molecule has 0 unspecified atom stereocenters. The zero-order valence-corrected chi connectivity index (χ0v) is 18.5. The lowest BCUT2D eigenvalue weighted by Crippen LogP contribution is -2.43. The summed E-state index contributed by atoms with van der Waals surface area (Å²) in [5.74, 6) is 0.161. The molecule has 8 heteroatoms. The average Bonchev–Trinajstić information content (AvgIpc) is 2.77. The molecule has 158 valence electrons. The Balaban J connectivity index is 1.62. The molecule has 2 aromatic rings. The van der Waals surface area contributed by atoms with Gasteiger partial charge >= 0.3 is 5.97 Å².